The molecule has 1 heterocycles. The summed E-state index contributed by atoms with van der Waals surface area (Å²) in [4.78, 5) is 0. The predicted molar refractivity (Wildman–Crippen MR) is 61.5 cm³/mol. The van der Waals surface area contributed by atoms with E-state index >= 15 is 0 Å². The van der Waals surface area contributed by atoms with E-state index < -0.39 is 0 Å². The fraction of sp³-hybridized carbons (Fsp3) is 0.700. The molecule has 0 aromatic carbocycles. The molecule has 0 aliphatic heterocycles. The molecule has 0 amide bonds. The Balaban J connectivity index is 2.34. The number of aryl methyl sites for hydroxylation is 1. The van der Waals surface area contributed by atoms with Gasteiger partial charge in [0.15, 0.2) is 0 Å². The highest BCUT2D eigenvalue weighted by Gasteiger charge is 2.07. The lowest BCUT2D eigenvalue weighted by molar-refractivity contribution is 0.199. The van der Waals surface area contributed by atoms with Gasteiger partial charge in [-0.2, -0.15) is 5.10 Å². The molecule has 0 spiro atoms. The van der Waals surface area contributed by atoms with Crippen molar-refractivity contribution in [2.75, 3.05) is 26.8 Å². The normalized spacial score (nSPS) is 10.9. The Hall–Kier alpha value is -0.580. The standard InChI is InChI=1S/C10H18ClN3O/c1-8-10(11)9(2)14(13-8)6-4-12-5-7-15-3/h12H,4-7H2,1-3H3. The zero-order chi connectivity index (χ0) is 11.3. The van der Waals surface area contributed by atoms with Crippen LogP contribution in [0.25, 0.3) is 0 Å². The highest BCUT2D eigenvalue weighted by atomic mass is 35.5. The van der Waals surface area contributed by atoms with E-state index in [4.69, 9.17) is 16.3 Å². The van der Waals surface area contributed by atoms with Gasteiger partial charge in [0.1, 0.15) is 0 Å². The smallest absolute Gasteiger partial charge is 0.0844 e. The number of nitrogens with one attached hydrogen (secondary N) is 1. The van der Waals surface area contributed by atoms with Crippen LogP contribution in [-0.4, -0.2) is 36.6 Å². The van der Waals surface area contributed by atoms with E-state index in [2.05, 4.69) is 10.4 Å². The maximum atomic E-state index is 6.04. The van der Waals surface area contributed by atoms with Crippen molar-refractivity contribution in [3.63, 3.8) is 0 Å². The van der Waals surface area contributed by atoms with Gasteiger partial charge in [0.2, 0.25) is 0 Å². The van der Waals surface area contributed by atoms with E-state index in [0.29, 0.717) is 0 Å². The molecule has 1 aromatic rings. The van der Waals surface area contributed by atoms with Crippen LogP contribution in [0.2, 0.25) is 5.02 Å². The summed E-state index contributed by atoms with van der Waals surface area (Å²) in [7, 11) is 1.70. The van der Waals surface area contributed by atoms with E-state index in [9.17, 15) is 0 Å². The van der Waals surface area contributed by atoms with E-state index in [1.807, 2.05) is 18.5 Å². The molecule has 0 saturated carbocycles. The second-order valence-corrected chi connectivity index (χ2v) is 3.83. The summed E-state index contributed by atoms with van der Waals surface area (Å²) in [5, 5.41) is 8.37. The van der Waals surface area contributed by atoms with Gasteiger partial charge in [0.05, 0.1) is 29.6 Å². The van der Waals surface area contributed by atoms with Crippen molar-refractivity contribution in [1.82, 2.24) is 15.1 Å². The van der Waals surface area contributed by atoms with Crippen molar-refractivity contribution in [3.8, 4) is 0 Å². The summed E-state index contributed by atoms with van der Waals surface area (Å²) in [6, 6.07) is 0. The molecule has 0 radical (unpaired) electrons. The quantitative estimate of drug-likeness (QED) is 0.753. The molecular formula is C10H18ClN3O. The van der Waals surface area contributed by atoms with Crippen LogP contribution < -0.4 is 5.32 Å². The average Bonchev–Trinajstić information content (AvgIpc) is 2.46. The first-order valence-corrected chi connectivity index (χ1v) is 5.43. The van der Waals surface area contributed by atoms with E-state index in [1.54, 1.807) is 7.11 Å². The van der Waals surface area contributed by atoms with Crippen LogP contribution in [-0.2, 0) is 11.3 Å². The average molecular weight is 232 g/mol. The number of nitrogens with zero attached hydrogens (tertiary/aromatic N) is 2. The third-order valence-electron chi connectivity index (χ3n) is 2.28. The maximum Gasteiger partial charge on any atom is 0.0844 e. The van der Waals surface area contributed by atoms with Gasteiger partial charge >= 0.3 is 0 Å². The van der Waals surface area contributed by atoms with E-state index in [0.717, 1.165) is 42.7 Å². The lowest BCUT2D eigenvalue weighted by atomic mass is 10.4. The van der Waals surface area contributed by atoms with Gasteiger partial charge in [-0.25, -0.2) is 0 Å². The largest absolute Gasteiger partial charge is 0.383 e. The van der Waals surface area contributed by atoms with Gasteiger partial charge in [0, 0.05) is 20.2 Å². The first-order chi connectivity index (χ1) is 7.16. The first-order valence-electron chi connectivity index (χ1n) is 5.06. The zero-order valence-electron chi connectivity index (χ0n) is 9.51. The molecule has 1 rings (SSSR count). The zero-order valence-corrected chi connectivity index (χ0v) is 10.3. The van der Waals surface area contributed by atoms with Crippen molar-refractivity contribution in [3.05, 3.63) is 16.4 Å². The molecule has 0 bridgehead atoms. The topological polar surface area (TPSA) is 39.1 Å². The summed E-state index contributed by atoms with van der Waals surface area (Å²) in [6.45, 7) is 7.22. The van der Waals surface area contributed by atoms with E-state index in [-0.39, 0.29) is 0 Å². The number of halogens is 1. The second kappa shape index (κ2) is 6.10. The third-order valence-corrected chi connectivity index (χ3v) is 2.82. The van der Waals surface area contributed by atoms with Crippen LogP contribution in [0.4, 0.5) is 0 Å². The van der Waals surface area contributed by atoms with Crippen molar-refractivity contribution in [2.45, 2.75) is 20.4 Å². The van der Waals surface area contributed by atoms with Gasteiger partial charge in [-0.05, 0) is 13.8 Å². The van der Waals surface area contributed by atoms with Gasteiger partial charge in [-0.15, -0.1) is 0 Å². The molecule has 0 unspecified atom stereocenters. The van der Waals surface area contributed by atoms with Crippen LogP contribution in [0, 0.1) is 13.8 Å². The number of hydrogen-bond acceptors (Lipinski definition) is 3. The van der Waals surface area contributed by atoms with E-state index in [1.165, 1.54) is 0 Å². The minimum absolute atomic E-state index is 0.734. The van der Waals surface area contributed by atoms with Gasteiger partial charge in [-0.3, -0.25) is 4.68 Å². The van der Waals surface area contributed by atoms with Gasteiger partial charge < -0.3 is 10.1 Å². The molecule has 1 N–H and O–H groups in total. The Bertz CT molecular complexity index is 312. The van der Waals surface area contributed by atoms with Crippen LogP contribution in [0.3, 0.4) is 0 Å². The lowest BCUT2D eigenvalue weighted by Gasteiger charge is -2.05. The lowest BCUT2D eigenvalue weighted by Crippen LogP contribution is -2.24. The Morgan fingerprint density at radius 3 is 2.67 bits per heavy atom. The van der Waals surface area contributed by atoms with Crippen molar-refractivity contribution in [1.29, 1.82) is 0 Å². The van der Waals surface area contributed by atoms with Gasteiger partial charge in [-0.1, -0.05) is 11.6 Å². The highest BCUT2D eigenvalue weighted by Crippen LogP contribution is 2.18. The molecular weight excluding hydrogens is 214 g/mol. The highest BCUT2D eigenvalue weighted by molar-refractivity contribution is 6.31. The minimum atomic E-state index is 0.734. The summed E-state index contributed by atoms with van der Waals surface area (Å²) < 4.78 is 6.86. The molecule has 1 aromatic heterocycles. The summed E-state index contributed by atoms with van der Waals surface area (Å²) in [6.07, 6.45) is 0. The molecule has 0 fully saturated rings. The Morgan fingerprint density at radius 1 is 1.40 bits per heavy atom. The first kappa shape index (κ1) is 12.5. The monoisotopic (exact) mass is 231 g/mol. The van der Waals surface area contributed by atoms with Crippen LogP contribution >= 0.6 is 11.6 Å². The SMILES string of the molecule is COCCNCCn1nc(C)c(Cl)c1C. The summed E-state index contributed by atoms with van der Waals surface area (Å²) >= 11 is 6.04. The molecule has 0 saturated heterocycles. The molecule has 0 atom stereocenters. The Labute approximate surface area is 95.6 Å². The Kier molecular flexibility index (Phi) is 5.08. The van der Waals surface area contributed by atoms with Crippen molar-refractivity contribution in [2.24, 2.45) is 0 Å². The second-order valence-electron chi connectivity index (χ2n) is 3.45. The van der Waals surface area contributed by atoms with Crippen LogP contribution in [0.1, 0.15) is 11.4 Å². The number of methoxy groups -OCH3 is 1. The minimum Gasteiger partial charge on any atom is -0.383 e. The van der Waals surface area contributed by atoms with Crippen LogP contribution in [0.15, 0.2) is 0 Å². The molecule has 5 heteroatoms. The Morgan fingerprint density at radius 2 is 2.13 bits per heavy atom. The molecule has 4 nitrogen and oxygen atoms in total. The van der Waals surface area contributed by atoms with Gasteiger partial charge in [0.25, 0.3) is 0 Å². The third kappa shape index (κ3) is 3.48. The molecule has 15 heavy (non-hydrogen) atoms. The number of rotatable bonds is 6. The summed E-state index contributed by atoms with van der Waals surface area (Å²) in [5.74, 6) is 0. The fourth-order valence-electron chi connectivity index (χ4n) is 1.38. The maximum absolute atomic E-state index is 6.04. The number of ether oxygens (including phenoxy) is 1. The molecule has 0 aliphatic carbocycles. The van der Waals surface area contributed by atoms with Crippen molar-refractivity contribution < 1.29 is 4.74 Å². The number of hydrogen-bond donors (Lipinski definition) is 1. The van der Waals surface area contributed by atoms with Crippen LogP contribution in [0.5, 0.6) is 0 Å². The predicted octanol–water partition coefficient (Wildman–Crippen LogP) is 1.39. The summed E-state index contributed by atoms with van der Waals surface area (Å²) in [5.41, 5.74) is 1.92. The molecule has 0 aliphatic rings. The molecule has 86 valence electrons. The fourth-order valence-corrected chi connectivity index (χ4v) is 1.51. The number of aromatic nitrogens is 2. The van der Waals surface area contributed by atoms with Crippen molar-refractivity contribution >= 4 is 11.6 Å².